The van der Waals surface area contributed by atoms with Crippen molar-refractivity contribution in [2.45, 2.75) is 6.54 Å². The van der Waals surface area contributed by atoms with Crippen molar-refractivity contribution in [2.75, 3.05) is 32.8 Å². The Kier molecular flexibility index (Phi) is 5.74. The van der Waals surface area contributed by atoms with Gasteiger partial charge in [-0.05, 0) is 23.8 Å². The number of carbonyl (C=O) groups is 1. The summed E-state index contributed by atoms with van der Waals surface area (Å²) in [6.45, 7) is 3.91. The Balaban J connectivity index is 1.30. The van der Waals surface area contributed by atoms with Gasteiger partial charge in [-0.3, -0.25) is 14.7 Å². The van der Waals surface area contributed by atoms with Crippen LogP contribution in [0.2, 0.25) is 5.02 Å². The van der Waals surface area contributed by atoms with Gasteiger partial charge in [0.25, 0.3) is 5.91 Å². The zero-order valence-corrected chi connectivity index (χ0v) is 16.3. The first-order chi connectivity index (χ1) is 13.7. The van der Waals surface area contributed by atoms with Crippen LogP contribution < -0.4 is 4.74 Å². The fourth-order valence-electron chi connectivity index (χ4n) is 3.48. The molecule has 1 saturated heterocycles. The molecule has 1 fully saturated rings. The highest BCUT2D eigenvalue weighted by Gasteiger charge is 2.22. The molecule has 0 aliphatic carbocycles. The summed E-state index contributed by atoms with van der Waals surface area (Å²) in [4.78, 5) is 21.2. The molecular weight excluding hydrogens is 374 g/mol. The number of benzene rings is 2. The molecule has 6 heteroatoms. The van der Waals surface area contributed by atoms with E-state index in [1.807, 2.05) is 29.3 Å². The predicted molar refractivity (Wildman–Crippen MR) is 111 cm³/mol. The maximum absolute atomic E-state index is 12.5. The van der Waals surface area contributed by atoms with E-state index < -0.39 is 0 Å². The normalized spacial score (nSPS) is 15.0. The average molecular weight is 396 g/mol. The van der Waals surface area contributed by atoms with Crippen molar-refractivity contribution in [3.05, 3.63) is 71.4 Å². The minimum absolute atomic E-state index is 0.00797. The van der Waals surface area contributed by atoms with Crippen LogP contribution in [-0.4, -0.2) is 53.5 Å². The maximum atomic E-state index is 12.5. The number of fused-ring (bicyclic) bond motifs is 1. The molecule has 2 heterocycles. The van der Waals surface area contributed by atoms with Gasteiger partial charge >= 0.3 is 0 Å². The molecule has 28 heavy (non-hydrogen) atoms. The topological polar surface area (TPSA) is 45.7 Å². The van der Waals surface area contributed by atoms with E-state index in [0.717, 1.165) is 30.5 Å². The Hall–Kier alpha value is -2.63. The van der Waals surface area contributed by atoms with Crippen LogP contribution in [0.4, 0.5) is 0 Å². The molecule has 0 spiro atoms. The number of piperazine rings is 1. The number of rotatable bonds is 5. The van der Waals surface area contributed by atoms with Crippen LogP contribution in [0.25, 0.3) is 10.9 Å². The summed E-state index contributed by atoms with van der Waals surface area (Å²) in [6, 6.07) is 17.5. The molecule has 1 aromatic heterocycles. The van der Waals surface area contributed by atoms with Crippen LogP contribution >= 0.6 is 11.6 Å². The van der Waals surface area contributed by atoms with Gasteiger partial charge in [0.05, 0.1) is 10.5 Å². The molecule has 0 bridgehead atoms. The number of hydrogen-bond acceptors (Lipinski definition) is 4. The van der Waals surface area contributed by atoms with Crippen LogP contribution in [-0.2, 0) is 11.3 Å². The lowest BCUT2D eigenvalue weighted by Crippen LogP contribution is -2.49. The number of amides is 1. The van der Waals surface area contributed by atoms with E-state index in [2.05, 4.69) is 34.1 Å². The van der Waals surface area contributed by atoms with E-state index in [1.165, 1.54) is 5.56 Å². The number of hydrogen-bond donors (Lipinski definition) is 0. The monoisotopic (exact) mass is 395 g/mol. The lowest BCUT2D eigenvalue weighted by Gasteiger charge is -2.34. The van der Waals surface area contributed by atoms with Crippen LogP contribution in [0.15, 0.2) is 60.8 Å². The number of para-hydroxylation sites is 2. The van der Waals surface area contributed by atoms with Crippen molar-refractivity contribution in [3.63, 3.8) is 0 Å². The van der Waals surface area contributed by atoms with Gasteiger partial charge in [-0.2, -0.15) is 0 Å². The van der Waals surface area contributed by atoms with E-state index >= 15 is 0 Å². The summed E-state index contributed by atoms with van der Waals surface area (Å²) >= 11 is 6.07. The van der Waals surface area contributed by atoms with Gasteiger partial charge in [-0.1, -0.05) is 48.0 Å². The highest BCUT2D eigenvalue weighted by molar-refractivity contribution is 6.32. The summed E-state index contributed by atoms with van der Waals surface area (Å²) in [5.41, 5.74) is 2.27. The molecule has 1 amide bonds. The Labute approximate surface area is 169 Å². The van der Waals surface area contributed by atoms with Crippen molar-refractivity contribution in [3.8, 4) is 5.75 Å². The molecule has 0 N–H and O–H groups in total. The number of halogens is 1. The standard InChI is InChI=1S/C22H22ClN3O2/c23-19-8-1-2-9-20(19)28-16-21(27)26-13-11-25(12-14-26)15-18-6-3-5-17-7-4-10-24-22(17)18/h1-10H,11-16H2. The molecule has 3 aromatic rings. The van der Waals surface area contributed by atoms with Crippen molar-refractivity contribution < 1.29 is 9.53 Å². The second-order valence-corrected chi connectivity index (χ2v) is 7.28. The largest absolute Gasteiger partial charge is 0.482 e. The summed E-state index contributed by atoms with van der Waals surface area (Å²) in [6.07, 6.45) is 1.83. The molecule has 0 saturated carbocycles. The maximum Gasteiger partial charge on any atom is 0.260 e. The predicted octanol–water partition coefficient (Wildman–Crippen LogP) is 3.61. The van der Waals surface area contributed by atoms with Crippen molar-refractivity contribution >= 4 is 28.4 Å². The highest BCUT2D eigenvalue weighted by atomic mass is 35.5. The average Bonchev–Trinajstić information content (AvgIpc) is 2.74. The first-order valence-electron chi connectivity index (χ1n) is 9.41. The number of aromatic nitrogens is 1. The molecule has 0 atom stereocenters. The summed E-state index contributed by atoms with van der Waals surface area (Å²) < 4.78 is 5.58. The third kappa shape index (κ3) is 4.26. The fraction of sp³-hybridized carbons (Fsp3) is 0.273. The first-order valence-corrected chi connectivity index (χ1v) is 9.78. The van der Waals surface area contributed by atoms with Crippen LogP contribution in [0.3, 0.4) is 0 Å². The van der Waals surface area contributed by atoms with E-state index in [9.17, 15) is 4.79 Å². The minimum atomic E-state index is -0.00797. The highest BCUT2D eigenvalue weighted by Crippen LogP contribution is 2.23. The molecule has 1 aliphatic rings. The smallest absolute Gasteiger partial charge is 0.260 e. The Morgan fingerprint density at radius 1 is 1.00 bits per heavy atom. The van der Waals surface area contributed by atoms with E-state index in [0.29, 0.717) is 23.9 Å². The van der Waals surface area contributed by atoms with E-state index in [1.54, 1.807) is 12.1 Å². The number of pyridine rings is 1. The molecule has 0 unspecified atom stereocenters. The van der Waals surface area contributed by atoms with Gasteiger partial charge in [0, 0.05) is 44.3 Å². The molecule has 4 rings (SSSR count). The zero-order valence-electron chi connectivity index (χ0n) is 15.6. The molecule has 1 aliphatic heterocycles. The number of carbonyl (C=O) groups excluding carboxylic acids is 1. The third-order valence-corrected chi connectivity index (χ3v) is 5.34. The summed E-state index contributed by atoms with van der Waals surface area (Å²) in [5.74, 6) is 0.533. The lowest BCUT2D eigenvalue weighted by molar-refractivity contribution is -0.135. The van der Waals surface area contributed by atoms with Gasteiger partial charge < -0.3 is 9.64 Å². The molecule has 2 aromatic carbocycles. The van der Waals surface area contributed by atoms with Gasteiger partial charge in [0.15, 0.2) is 6.61 Å². The van der Waals surface area contributed by atoms with Crippen LogP contribution in [0.1, 0.15) is 5.56 Å². The van der Waals surface area contributed by atoms with E-state index in [4.69, 9.17) is 16.3 Å². The Bertz CT molecular complexity index is 965. The lowest BCUT2D eigenvalue weighted by atomic mass is 10.1. The van der Waals surface area contributed by atoms with Crippen LogP contribution in [0, 0.1) is 0 Å². The number of nitrogens with zero attached hydrogens (tertiary/aromatic N) is 3. The first kappa shape index (κ1) is 18.7. The van der Waals surface area contributed by atoms with Gasteiger partial charge in [-0.15, -0.1) is 0 Å². The molecule has 0 radical (unpaired) electrons. The summed E-state index contributed by atoms with van der Waals surface area (Å²) in [5, 5.41) is 1.68. The van der Waals surface area contributed by atoms with Crippen molar-refractivity contribution in [2.24, 2.45) is 0 Å². The quantitative estimate of drug-likeness (QED) is 0.662. The zero-order chi connectivity index (χ0) is 19.3. The molecule has 5 nitrogen and oxygen atoms in total. The van der Waals surface area contributed by atoms with Crippen LogP contribution in [0.5, 0.6) is 5.75 Å². The fourth-order valence-corrected chi connectivity index (χ4v) is 3.67. The second kappa shape index (κ2) is 8.59. The van der Waals surface area contributed by atoms with Gasteiger partial charge in [0.1, 0.15) is 5.75 Å². The third-order valence-electron chi connectivity index (χ3n) is 5.02. The Morgan fingerprint density at radius 2 is 1.79 bits per heavy atom. The minimum Gasteiger partial charge on any atom is -0.482 e. The van der Waals surface area contributed by atoms with Crippen molar-refractivity contribution in [1.82, 2.24) is 14.8 Å². The SMILES string of the molecule is O=C(COc1ccccc1Cl)N1CCN(Cc2cccc3cccnc23)CC1. The van der Waals surface area contributed by atoms with Gasteiger partial charge in [-0.25, -0.2) is 0 Å². The van der Waals surface area contributed by atoms with E-state index in [-0.39, 0.29) is 12.5 Å². The summed E-state index contributed by atoms with van der Waals surface area (Å²) in [7, 11) is 0. The number of ether oxygens (including phenoxy) is 1. The molecule has 144 valence electrons. The second-order valence-electron chi connectivity index (χ2n) is 6.87. The van der Waals surface area contributed by atoms with Gasteiger partial charge in [0.2, 0.25) is 0 Å². The van der Waals surface area contributed by atoms with Crippen molar-refractivity contribution in [1.29, 1.82) is 0 Å². The Morgan fingerprint density at radius 3 is 2.61 bits per heavy atom. The molecular formula is C22H22ClN3O2.